The molecule has 3 rings (SSSR count). The van der Waals surface area contributed by atoms with Crippen LogP contribution in [0.2, 0.25) is 0 Å². The normalized spacial score (nSPS) is 27.7. The topological polar surface area (TPSA) is 131 Å². The molecule has 27 heavy (non-hydrogen) atoms. The summed E-state index contributed by atoms with van der Waals surface area (Å²) in [6.07, 6.45) is 4.28. The van der Waals surface area contributed by atoms with Crippen molar-refractivity contribution in [3.63, 3.8) is 0 Å². The molecule has 0 unspecified atom stereocenters. The number of aromatic nitrogens is 2. The number of nitrogens with two attached hydrogens (primary N) is 1. The number of hydrogen-bond acceptors (Lipinski definition) is 6. The summed E-state index contributed by atoms with van der Waals surface area (Å²) in [5.41, 5.74) is 2.73. The molecule has 0 bridgehead atoms. The highest BCUT2D eigenvalue weighted by atomic mass is 16.5. The van der Waals surface area contributed by atoms with Crippen molar-refractivity contribution < 1.29 is 14.6 Å². The van der Waals surface area contributed by atoms with Gasteiger partial charge in [-0.2, -0.15) is 0 Å². The molecule has 2 saturated heterocycles. The highest BCUT2D eigenvalue weighted by Crippen LogP contribution is 2.43. The number of carbonyl (C=O) groups is 1. The number of piperidine rings is 1. The molecule has 2 fully saturated rings. The SMILES string of the molecule is C[C@]1(O)COC2(CCN(C(=O)CCCN)CC2)C[C@@H]1n1ccc(=O)[nH]c1=O. The van der Waals surface area contributed by atoms with Gasteiger partial charge in [0.2, 0.25) is 5.91 Å². The van der Waals surface area contributed by atoms with Gasteiger partial charge in [0.15, 0.2) is 0 Å². The average Bonchev–Trinajstić information content (AvgIpc) is 2.63. The van der Waals surface area contributed by atoms with Crippen LogP contribution in [0.1, 0.15) is 45.1 Å². The quantitative estimate of drug-likeness (QED) is 0.636. The summed E-state index contributed by atoms with van der Waals surface area (Å²) in [7, 11) is 0. The van der Waals surface area contributed by atoms with Crippen molar-refractivity contribution in [1.82, 2.24) is 14.5 Å². The van der Waals surface area contributed by atoms with Crippen LogP contribution in [0.3, 0.4) is 0 Å². The lowest BCUT2D eigenvalue weighted by Crippen LogP contribution is -2.58. The van der Waals surface area contributed by atoms with E-state index in [1.807, 2.05) is 4.90 Å². The Bertz CT molecular complexity index is 791. The van der Waals surface area contributed by atoms with Gasteiger partial charge in [-0.3, -0.25) is 19.1 Å². The largest absolute Gasteiger partial charge is 0.386 e. The van der Waals surface area contributed by atoms with E-state index in [1.54, 1.807) is 6.92 Å². The molecule has 1 amide bonds. The number of aliphatic hydroxyl groups is 1. The summed E-state index contributed by atoms with van der Waals surface area (Å²) in [6, 6.07) is 0.758. The molecule has 9 heteroatoms. The van der Waals surface area contributed by atoms with Crippen LogP contribution in [0, 0.1) is 0 Å². The molecule has 2 aliphatic rings. The maximum atomic E-state index is 12.2. The zero-order chi connectivity index (χ0) is 19.7. The molecule has 2 aliphatic heterocycles. The van der Waals surface area contributed by atoms with Crippen molar-refractivity contribution in [2.24, 2.45) is 5.73 Å². The lowest BCUT2D eigenvalue weighted by Gasteiger charge is -2.51. The Morgan fingerprint density at radius 2 is 2.11 bits per heavy atom. The molecule has 1 spiro atoms. The summed E-state index contributed by atoms with van der Waals surface area (Å²) in [6.45, 7) is 3.38. The number of ether oxygens (including phenoxy) is 1. The minimum Gasteiger partial charge on any atom is -0.386 e. The number of nitrogens with one attached hydrogen (secondary N) is 1. The predicted octanol–water partition coefficient (Wildman–Crippen LogP) is -0.651. The van der Waals surface area contributed by atoms with Crippen LogP contribution in [0.4, 0.5) is 0 Å². The van der Waals surface area contributed by atoms with Crippen molar-refractivity contribution >= 4 is 5.91 Å². The summed E-state index contributed by atoms with van der Waals surface area (Å²) < 4.78 is 7.43. The van der Waals surface area contributed by atoms with E-state index < -0.39 is 28.5 Å². The van der Waals surface area contributed by atoms with Crippen LogP contribution in [0.15, 0.2) is 21.9 Å². The van der Waals surface area contributed by atoms with Gasteiger partial charge in [0.1, 0.15) is 5.60 Å². The number of H-pyrrole nitrogens is 1. The molecule has 150 valence electrons. The van der Waals surface area contributed by atoms with Crippen LogP contribution >= 0.6 is 0 Å². The van der Waals surface area contributed by atoms with Crippen molar-refractivity contribution in [3.05, 3.63) is 33.1 Å². The second-order valence-electron chi connectivity index (χ2n) is 7.84. The van der Waals surface area contributed by atoms with Crippen LogP contribution in [-0.2, 0) is 9.53 Å². The fourth-order valence-electron chi connectivity index (χ4n) is 4.02. The van der Waals surface area contributed by atoms with Gasteiger partial charge in [0, 0.05) is 38.2 Å². The number of nitrogens with zero attached hydrogens (tertiary/aromatic N) is 2. The second kappa shape index (κ2) is 7.57. The molecular weight excluding hydrogens is 352 g/mol. The van der Waals surface area contributed by atoms with Crippen molar-refractivity contribution in [1.29, 1.82) is 0 Å². The van der Waals surface area contributed by atoms with E-state index in [0.717, 1.165) is 0 Å². The van der Waals surface area contributed by atoms with E-state index in [9.17, 15) is 19.5 Å². The van der Waals surface area contributed by atoms with Crippen molar-refractivity contribution in [3.8, 4) is 0 Å². The number of rotatable bonds is 4. The molecule has 1 aromatic rings. The van der Waals surface area contributed by atoms with Crippen LogP contribution < -0.4 is 17.0 Å². The lowest BCUT2D eigenvalue weighted by molar-refractivity contribution is -0.202. The van der Waals surface area contributed by atoms with E-state index >= 15 is 0 Å². The first kappa shape index (κ1) is 19.8. The Balaban J connectivity index is 1.75. The Hall–Kier alpha value is -1.97. The third-order valence-corrected chi connectivity index (χ3v) is 5.76. The van der Waals surface area contributed by atoms with E-state index in [1.165, 1.54) is 16.8 Å². The Morgan fingerprint density at radius 1 is 1.41 bits per heavy atom. The molecule has 0 aromatic carbocycles. The maximum Gasteiger partial charge on any atom is 0.328 e. The van der Waals surface area contributed by atoms with E-state index in [-0.39, 0.29) is 12.5 Å². The van der Waals surface area contributed by atoms with Gasteiger partial charge >= 0.3 is 5.69 Å². The Labute approximate surface area is 157 Å². The van der Waals surface area contributed by atoms with Gasteiger partial charge in [0.05, 0.1) is 18.2 Å². The smallest absolute Gasteiger partial charge is 0.328 e. The van der Waals surface area contributed by atoms with E-state index in [2.05, 4.69) is 4.98 Å². The Morgan fingerprint density at radius 3 is 2.74 bits per heavy atom. The minimum atomic E-state index is -1.23. The van der Waals surface area contributed by atoms with Gasteiger partial charge in [-0.1, -0.05) is 0 Å². The summed E-state index contributed by atoms with van der Waals surface area (Å²) >= 11 is 0. The third kappa shape index (κ3) is 4.15. The highest BCUT2D eigenvalue weighted by Gasteiger charge is 2.49. The summed E-state index contributed by atoms with van der Waals surface area (Å²) in [5, 5.41) is 10.8. The minimum absolute atomic E-state index is 0.0877. The predicted molar refractivity (Wildman–Crippen MR) is 98.4 cm³/mol. The van der Waals surface area contributed by atoms with Crippen molar-refractivity contribution in [2.45, 2.75) is 56.3 Å². The standard InChI is InChI=1S/C18H28N4O5/c1-17(26)12-27-18(5-9-21(10-6-18)15(24)3-2-7-19)11-13(17)22-8-4-14(23)20-16(22)25/h4,8,13,26H,2-3,5-7,9-12,19H2,1H3,(H,20,23,25)/t13-,17-/m0/s1. The first-order valence-corrected chi connectivity index (χ1v) is 9.42. The second-order valence-corrected chi connectivity index (χ2v) is 7.84. The fourth-order valence-corrected chi connectivity index (χ4v) is 4.02. The lowest BCUT2D eigenvalue weighted by atomic mass is 9.77. The average molecular weight is 380 g/mol. The first-order chi connectivity index (χ1) is 12.8. The maximum absolute atomic E-state index is 12.2. The van der Waals surface area contributed by atoms with Gasteiger partial charge in [-0.05, 0) is 32.7 Å². The molecule has 4 N–H and O–H groups in total. The van der Waals surface area contributed by atoms with Gasteiger partial charge in [-0.15, -0.1) is 0 Å². The molecule has 2 atom stereocenters. The van der Waals surface area contributed by atoms with E-state index in [4.69, 9.17) is 10.5 Å². The molecular formula is C18H28N4O5. The molecule has 1 aromatic heterocycles. The number of amides is 1. The molecule has 0 aliphatic carbocycles. The van der Waals surface area contributed by atoms with Gasteiger partial charge in [0.25, 0.3) is 5.56 Å². The highest BCUT2D eigenvalue weighted by molar-refractivity contribution is 5.76. The number of hydrogen-bond donors (Lipinski definition) is 3. The number of carbonyl (C=O) groups excluding carboxylic acids is 1. The van der Waals surface area contributed by atoms with Crippen LogP contribution in [-0.4, -0.2) is 62.9 Å². The zero-order valence-electron chi connectivity index (χ0n) is 15.6. The van der Waals surface area contributed by atoms with E-state index in [0.29, 0.717) is 51.7 Å². The molecule has 0 radical (unpaired) electrons. The Kier molecular flexibility index (Phi) is 5.55. The summed E-state index contributed by atoms with van der Waals surface area (Å²) in [5.74, 6) is 0.103. The van der Waals surface area contributed by atoms with Crippen LogP contribution in [0.5, 0.6) is 0 Å². The number of aromatic amines is 1. The monoisotopic (exact) mass is 380 g/mol. The number of likely N-dealkylation sites (tertiary alicyclic amines) is 1. The zero-order valence-corrected chi connectivity index (χ0v) is 15.6. The van der Waals surface area contributed by atoms with Crippen molar-refractivity contribution in [2.75, 3.05) is 26.2 Å². The molecule has 3 heterocycles. The van der Waals surface area contributed by atoms with Gasteiger partial charge in [-0.25, -0.2) is 4.79 Å². The fraction of sp³-hybridized carbons (Fsp3) is 0.722. The third-order valence-electron chi connectivity index (χ3n) is 5.76. The first-order valence-electron chi connectivity index (χ1n) is 9.42. The van der Waals surface area contributed by atoms with Gasteiger partial charge < -0.3 is 20.5 Å². The molecule has 9 nitrogen and oxygen atoms in total. The van der Waals surface area contributed by atoms with Crippen LogP contribution in [0.25, 0.3) is 0 Å². The molecule has 0 saturated carbocycles. The summed E-state index contributed by atoms with van der Waals surface area (Å²) in [4.78, 5) is 39.9.